The smallest absolute Gasteiger partial charge is 0.130 e. The topological polar surface area (TPSA) is 45.1 Å². The lowest BCUT2D eigenvalue weighted by Crippen LogP contribution is -2.35. The lowest BCUT2D eigenvalue weighted by molar-refractivity contribution is 0.626. The van der Waals surface area contributed by atoms with Crippen molar-refractivity contribution in [1.29, 1.82) is 0 Å². The number of aromatic nitrogens is 2. The van der Waals surface area contributed by atoms with E-state index in [4.69, 9.17) is 4.98 Å². The van der Waals surface area contributed by atoms with Crippen molar-refractivity contribution in [1.82, 2.24) is 20.2 Å². The van der Waals surface area contributed by atoms with E-state index in [1.165, 1.54) is 55.7 Å². The average molecular weight is 570 g/mol. The van der Waals surface area contributed by atoms with Crippen LogP contribution in [0.15, 0.2) is 134 Å². The highest BCUT2D eigenvalue weighted by atomic mass is 15.3. The first-order chi connectivity index (χ1) is 21.9. The lowest BCUT2D eigenvalue weighted by Gasteiger charge is -2.37. The number of anilines is 2. The molecule has 2 aromatic heterocycles. The second-order valence-corrected chi connectivity index (χ2v) is 11.7. The van der Waals surface area contributed by atoms with Gasteiger partial charge in [0, 0.05) is 52.8 Å². The molecule has 3 aliphatic rings. The molecule has 0 fully saturated rings. The van der Waals surface area contributed by atoms with Gasteiger partial charge >= 0.3 is 0 Å². The van der Waals surface area contributed by atoms with E-state index in [1.807, 2.05) is 12.4 Å². The average Bonchev–Trinajstić information content (AvgIpc) is 3.38. The Hall–Kier alpha value is -5.39. The van der Waals surface area contributed by atoms with Crippen molar-refractivity contribution >= 4 is 28.4 Å². The highest BCUT2D eigenvalue weighted by Gasteiger charge is 2.35. The van der Waals surface area contributed by atoms with Crippen LogP contribution in [0.25, 0.3) is 45.1 Å². The summed E-state index contributed by atoms with van der Waals surface area (Å²) in [6.45, 7) is 1.84. The van der Waals surface area contributed by atoms with Gasteiger partial charge in [0.25, 0.3) is 0 Å². The molecule has 0 spiro atoms. The second-order valence-electron chi connectivity index (χ2n) is 11.7. The first kappa shape index (κ1) is 25.1. The zero-order valence-corrected chi connectivity index (χ0v) is 24.2. The van der Waals surface area contributed by atoms with Crippen LogP contribution in [-0.2, 0) is 0 Å². The Balaban J connectivity index is 1.35. The van der Waals surface area contributed by atoms with E-state index in [2.05, 4.69) is 148 Å². The highest BCUT2D eigenvalue weighted by Crippen LogP contribution is 2.54. The summed E-state index contributed by atoms with van der Waals surface area (Å²) < 4.78 is 2.43. The van der Waals surface area contributed by atoms with Crippen LogP contribution in [0, 0.1) is 0 Å². The molecule has 4 aromatic carbocycles. The lowest BCUT2D eigenvalue weighted by atomic mass is 9.97. The van der Waals surface area contributed by atoms with Crippen LogP contribution in [0.4, 0.5) is 11.4 Å². The fourth-order valence-electron chi connectivity index (χ4n) is 7.29. The van der Waals surface area contributed by atoms with Crippen molar-refractivity contribution in [3.05, 3.63) is 151 Å². The van der Waals surface area contributed by atoms with Gasteiger partial charge in [-0.3, -0.25) is 4.98 Å². The number of nitrogens with zero attached hydrogens (tertiary/aromatic N) is 3. The van der Waals surface area contributed by atoms with Crippen molar-refractivity contribution in [2.24, 2.45) is 0 Å². The molecule has 3 aliphatic heterocycles. The fourth-order valence-corrected chi connectivity index (χ4v) is 7.29. The van der Waals surface area contributed by atoms with Gasteiger partial charge in [0.15, 0.2) is 0 Å². The van der Waals surface area contributed by atoms with Gasteiger partial charge in [-0.25, -0.2) is 0 Å². The van der Waals surface area contributed by atoms with Gasteiger partial charge in [0.05, 0.1) is 34.5 Å². The van der Waals surface area contributed by atoms with Crippen LogP contribution < -0.4 is 15.5 Å². The Morgan fingerprint density at radius 1 is 0.773 bits per heavy atom. The van der Waals surface area contributed by atoms with E-state index < -0.39 is 0 Å². The summed E-state index contributed by atoms with van der Waals surface area (Å²) in [5.41, 5.74) is 13.1. The molecule has 2 atom stereocenters. The van der Waals surface area contributed by atoms with Crippen LogP contribution >= 0.6 is 0 Å². The maximum atomic E-state index is 4.80. The molecular weight excluding hydrogens is 538 g/mol. The molecule has 0 saturated heterocycles. The molecule has 5 heterocycles. The van der Waals surface area contributed by atoms with Crippen molar-refractivity contribution < 1.29 is 0 Å². The molecule has 44 heavy (non-hydrogen) atoms. The second kappa shape index (κ2) is 10.1. The van der Waals surface area contributed by atoms with Crippen molar-refractivity contribution in [2.75, 3.05) is 18.0 Å². The third-order valence-electron chi connectivity index (χ3n) is 9.22. The van der Waals surface area contributed by atoms with Gasteiger partial charge in [0.1, 0.15) is 6.17 Å². The van der Waals surface area contributed by atoms with E-state index in [0.717, 1.165) is 24.5 Å². The molecule has 0 aliphatic carbocycles. The molecule has 5 heteroatoms. The molecule has 0 radical (unpaired) electrons. The Labute approximate surface area is 256 Å². The van der Waals surface area contributed by atoms with Crippen LogP contribution in [-0.4, -0.2) is 22.6 Å². The maximum absolute atomic E-state index is 4.80. The van der Waals surface area contributed by atoms with Gasteiger partial charge in [-0.2, -0.15) is 0 Å². The van der Waals surface area contributed by atoms with E-state index in [1.54, 1.807) is 0 Å². The number of hydrogen-bond donors (Lipinski definition) is 2. The van der Waals surface area contributed by atoms with Crippen molar-refractivity contribution in [3.8, 4) is 28.1 Å². The van der Waals surface area contributed by atoms with Crippen LogP contribution in [0.2, 0.25) is 0 Å². The number of nitrogens with one attached hydrogen (secondary N) is 2. The van der Waals surface area contributed by atoms with E-state index in [9.17, 15) is 0 Å². The Kier molecular flexibility index (Phi) is 5.78. The Morgan fingerprint density at radius 2 is 1.55 bits per heavy atom. The summed E-state index contributed by atoms with van der Waals surface area (Å²) in [6.07, 6.45) is 12.7. The number of rotatable bonds is 3. The predicted octanol–water partition coefficient (Wildman–Crippen LogP) is 8.33. The van der Waals surface area contributed by atoms with E-state index in [0.29, 0.717) is 5.92 Å². The summed E-state index contributed by atoms with van der Waals surface area (Å²) in [6, 6.07) is 37.5. The number of fused-ring (bicyclic) bond motifs is 8. The summed E-state index contributed by atoms with van der Waals surface area (Å²) in [4.78, 5) is 7.28. The maximum Gasteiger partial charge on any atom is 0.130 e. The minimum absolute atomic E-state index is 0.0715. The monoisotopic (exact) mass is 569 g/mol. The summed E-state index contributed by atoms with van der Waals surface area (Å²) in [5.74, 6) is 0.297. The molecule has 2 N–H and O–H groups in total. The standard InChI is InChI=1S/C39H31N5/c1-2-12-30-26(10-1)19-21-42-39(30)44-35-17-7-4-14-32(35)37-31-13-3-6-16-34(31)43(38(37)33-15-5-8-18-36(33)44)29-22-28(24-41-25-29)27-11-9-20-40-23-27/h1-19,21-22,24-25,27,39-40,42H,20,23H2. The molecule has 5 nitrogen and oxygen atoms in total. The minimum Gasteiger partial charge on any atom is -0.367 e. The number of pyridine rings is 1. The van der Waals surface area contributed by atoms with Gasteiger partial charge in [-0.15, -0.1) is 0 Å². The Morgan fingerprint density at radius 3 is 2.43 bits per heavy atom. The summed E-state index contributed by atoms with van der Waals surface area (Å²) >= 11 is 0. The minimum atomic E-state index is -0.0715. The third-order valence-corrected chi connectivity index (χ3v) is 9.22. The first-order valence-electron chi connectivity index (χ1n) is 15.3. The molecular formula is C39H31N5. The molecule has 0 saturated carbocycles. The number of benzene rings is 4. The summed E-state index contributed by atoms with van der Waals surface area (Å²) in [7, 11) is 0. The van der Waals surface area contributed by atoms with E-state index >= 15 is 0 Å². The van der Waals surface area contributed by atoms with Crippen molar-refractivity contribution in [3.63, 3.8) is 0 Å². The number of para-hydroxylation sites is 3. The van der Waals surface area contributed by atoms with E-state index in [-0.39, 0.29) is 6.17 Å². The predicted molar refractivity (Wildman–Crippen MR) is 180 cm³/mol. The largest absolute Gasteiger partial charge is 0.367 e. The van der Waals surface area contributed by atoms with Crippen LogP contribution in [0.3, 0.4) is 0 Å². The quantitative estimate of drug-likeness (QED) is 0.210. The molecule has 0 amide bonds. The molecule has 2 unspecified atom stereocenters. The molecule has 9 rings (SSSR count). The van der Waals surface area contributed by atoms with Gasteiger partial charge in [-0.1, -0.05) is 91.0 Å². The molecule has 6 aromatic rings. The van der Waals surface area contributed by atoms with Crippen LogP contribution in [0.1, 0.15) is 28.8 Å². The zero-order chi connectivity index (χ0) is 29.0. The van der Waals surface area contributed by atoms with Gasteiger partial charge < -0.3 is 20.1 Å². The molecule has 0 bridgehead atoms. The normalized spacial score (nSPS) is 18.1. The van der Waals surface area contributed by atoms with Gasteiger partial charge in [-0.05, 0) is 47.7 Å². The summed E-state index contributed by atoms with van der Waals surface area (Å²) in [5, 5.41) is 8.45. The number of hydrogen-bond acceptors (Lipinski definition) is 4. The van der Waals surface area contributed by atoms with Crippen molar-refractivity contribution in [2.45, 2.75) is 12.1 Å². The first-order valence-corrected chi connectivity index (χ1v) is 15.3. The Bertz CT molecular complexity index is 2120. The van der Waals surface area contributed by atoms with Gasteiger partial charge in [0.2, 0.25) is 0 Å². The molecule has 212 valence electrons. The SMILES string of the molecule is C1=CC(c2cncc(-n3c4c(c5ccccc53)-c3ccccc3N(C3NC=Cc5ccccc53)c3ccccc3-4)c2)CNC1. The third kappa shape index (κ3) is 3.79. The highest BCUT2D eigenvalue weighted by molar-refractivity contribution is 6.12. The van der Waals surface area contributed by atoms with Crippen LogP contribution in [0.5, 0.6) is 0 Å². The zero-order valence-electron chi connectivity index (χ0n) is 24.2. The fraction of sp³-hybridized carbons (Fsp3) is 0.103.